The lowest BCUT2D eigenvalue weighted by Crippen LogP contribution is -2.50. The summed E-state index contributed by atoms with van der Waals surface area (Å²) in [5, 5.41) is 0. The normalized spacial score (nSPS) is 27.2. The van der Waals surface area contributed by atoms with E-state index in [1.165, 1.54) is 4.90 Å². The molecule has 3 heterocycles. The van der Waals surface area contributed by atoms with Crippen molar-refractivity contribution in [2.45, 2.75) is 38.4 Å². The minimum Gasteiger partial charge on any atom is -0.352 e. The van der Waals surface area contributed by atoms with Crippen molar-refractivity contribution in [3.8, 4) is 0 Å². The lowest BCUT2D eigenvalue weighted by Gasteiger charge is -2.37. The summed E-state index contributed by atoms with van der Waals surface area (Å²) < 4.78 is 0.940. The van der Waals surface area contributed by atoms with Crippen molar-refractivity contribution >= 4 is 45.3 Å². The van der Waals surface area contributed by atoms with Crippen molar-refractivity contribution in [3.63, 3.8) is 0 Å². The third-order valence-electron chi connectivity index (χ3n) is 6.86. The Hall–Kier alpha value is -2.73. The van der Waals surface area contributed by atoms with Gasteiger partial charge in [0.05, 0.1) is 17.9 Å². The van der Waals surface area contributed by atoms with Gasteiger partial charge in [0.25, 0.3) is 0 Å². The lowest BCUT2D eigenvalue weighted by atomic mass is 9.86. The molecule has 0 spiro atoms. The zero-order valence-electron chi connectivity index (χ0n) is 17.4. The molecule has 0 radical (unpaired) electrons. The summed E-state index contributed by atoms with van der Waals surface area (Å²) in [5.41, 5.74) is 2.41. The Bertz CT molecular complexity index is 1110. The van der Waals surface area contributed by atoms with Crippen LogP contribution in [0.25, 0.3) is 6.08 Å². The molecule has 0 aromatic heterocycles. The Morgan fingerprint density at radius 3 is 2.48 bits per heavy atom. The Kier molecular flexibility index (Phi) is 4.85. The number of anilines is 1. The molecule has 6 heteroatoms. The molecule has 5 atom stereocenters. The van der Waals surface area contributed by atoms with Crippen LogP contribution >= 0.6 is 15.9 Å². The van der Waals surface area contributed by atoms with E-state index in [9.17, 15) is 14.4 Å². The number of carbonyl (C=O) groups excluding carboxylic acids is 3. The van der Waals surface area contributed by atoms with Crippen LogP contribution in [0.5, 0.6) is 0 Å². The molecular weight excluding hydrogens is 456 g/mol. The maximum absolute atomic E-state index is 13.8. The van der Waals surface area contributed by atoms with E-state index in [4.69, 9.17) is 0 Å². The van der Waals surface area contributed by atoms with E-state index in [0.29, 0.717) is 12.0 Å². The molecule has 2 aromatic rings. The predicted molar refractivity (Wildman–Crippen MR) is 123 cm³/mol. The van der Waals surface area contributed by atoms with Crippen molar-refractivity contribution in [2.75, 3.05) is 4.90 Å². The Morgan fingerprint density at radius 1 is 1.06 bits per heavy atom. The number of hydrogen-bond donors (Lipinski definition) is 0. The van der Waals surface area contributed by atoms with Crippen LogP contribution in [0.4, 0.5) is 5.69 Å². The number of halogens is 1. The van der Waals surface area contributed by atoms with Crippen molar-refractivity contribution in [3.05, 3.63) is 70.2 Å². The molecule has 3 aliphatic rings. The number of likely N-dealkylation sites (tertiary alicyclic amines) is 1. The zero-order valence-corrected chi connectivity index (χ0v) is 19.0. The van der Waals surface area contributed by atoms with E-state index in [-0.39, 0.29) is 29.7 Å². The van der Waals surface area contributed by atoms with Gasteiger partial charge in [-0.25, -0.2) is 0 Å². The number of amides is 2. The highest BCUT2D eigenvalue weighted by Gasteiger charge is 2.64. The Labute approximate surface area is 189 Å². The van der Waals surface area contributed by atoms with Gasteiger partial charge < -0.3 is 4.90 Å². The topological polar surface area (TPSA) is 57.7 Å². The number of nitrogens with zero attached hydrogens (tertiary/aromatic N) is 2. The molecule has 2 saturated heterocycles. The van der Waals surface area contributed by atoms with E-state index >= 15 is 0 Å². The van der Waals surface area contributed by atoms with E-state index in [1.54, 1.807) is 12.1 Å². The highest BCUT2D eigenvalue weighted by molar-refractivity contribution is 9.10. The predicted octanol–water partition coefficient (Wildman–Crippen LogP) is 4.32. The molecular formula is C25H23BrN2O3. The van der Waals surface area contributed by atoms with Crippen molar-refractivity contribution in [1.82, 2.24) is 4.90 Å². The number of hydrogen-bond acceptors (Lipinski definition) is 4. The fraction of sp³-hybridized carbons (Fsp3) is 0.320. The smallest absolute Gasteiger partial charge is 0.236 e. The molecule has 5 nitrogen and oxygen atoms in total. The van der Waals surface area contributed by atoms with Crippen LogP contribution in [-0.2, 0) is 9.59 Å². The average Bonchev–Trinajstić information content (AvgIpc) is 3.26. The Morgan fingerprint density at radius 2 is 1.77 bits per heavy atom. The molecule has 0 bridgehead atoms. The molecule has 0 saturated carbocycles. The molecule has 158 valence electrons. The van der Waals surface area contributed by atoms with Crippen LogP contribution in [0.1, 0.15) is 36.2 Å². The highest BCUT2D eigenvalue weighted by atomic mass is 79.9. The summed E-state index contributed by atoms with van der Waals surface area (Å²) in [5.74, 6) is -1.73. The highest BCUT2D eigenvalue weighted by Crippen LogP contribution is 2.49. The average molecular weight is 479 g/mol. The number of Topliss-reactive ketones (excluding diaryl/α,β-unsaturated/α-hetero) is 1. The van der Waals surface area contributed by atoms with Gasteiger partial charge in [-0.05, 0) is 37.1 Å². The van der Waals surface area contributed by atoms with E-state index in [1.807, 2.05) is 67.3 Å². The summed E-state index contributed by atoms with van der Waals surface area (Å²) in [6, 6.07) is 13.7. The van der Waals surface area contributed by atoms with E-state index in [2.05, 4.69) is 15.9 Å². The van der Waals surface area contributed by atoms with Crippen LogP contribution in [0.15, 0.2) is 59.1 Å². The first kappa shape index (κ1) is 20.2. The molecule has 2 fully saturated rings. The van der Waals surface area contributed by atoms with Gasteiger partial charge in [0, 0.05) is 21.8 Å². The quantitative estimate of drug-likeness (QED) is 0.485. The minimum absolute atomic E-state index is 0.116. The summed E-state index contributed by atoms with van der Waals surface area (Å²) >= 11 is 3.51. The fourth-order valence-corrected chi connectivity index (χ4v) is 5.64. The number of fused-ring (bicyclic) bond motifs is 5. The third-order valence-corrected chi connectivity index (χ3v) is 7.35. The van der Waals surface area contributed by atoms with Crippen LogP contribution < -0.4 is 4.90 Å². The molecule has 31 heavy (non-hydrogen) atoms. The van der Waals surface area contributed by atoms with E-state index in [0.717, 1.165) is 15.7 Å². The lowest BCUT2D eigenvalue weighted by molar-refractivity contribution is -0.142. The summed E-state index contributed by atoms with van der Waals surface area (Å²) in [7, 11) is 0. The van der Waals surface area contributed by atoms with Crippen molar-refractivity contribution in [2.24, 2.45) is 11.8 Å². The first-order chi connectivity index (χ1) is 14.9. The monoisotopic (exact) mass is 478 g/mol. The van der Waals surface area contributed by atoms with Gasteiger partial charge in [-0.15, -0.1) is 0 Å². The van der Waals surface area contributed by atoms with Gasteiger partial charge in [0.1, 0.15) is 6.04 Å². The molecule has 2 aromatic carbocycles. The first-order valence-electron chi connectivity index (χ1n) is 10.7. The molecule has 5 rings (SSSR count). The van der Waals surface area contributed by atoms with Gasteiger partial charge in [-0.1, -0.05) is 65.3 Å². The zero-order chi connectivity index (χ0) is 21.9. The standard InChI is InChI=1S/C25H23BrN2O3/c1-3-14(2)27-24(30)20-19-11-9-16-13-17(26)10-12-18(16)28(19)22(21(20)25(27)31)23(29)15-7-5-4-6-8-15/h4-14,19-22H,3H2,1-2H3/t14-,19-,20-,21-,22-/m1/s1. The van der Waals surface area contributed by atoms with Crippen molar-refractivity contribution in [1.29, 1.82) is 0 Å². The molecule has 0 unspecified atom stereocenters. The second-order valence-corrected chi connectivity index (χ2v) is 9.41. The second-order valence-electron chi connectivity index (χ2n) is 8.49. The SMILES string of the molecule is CC[C@@H](C)N1C(=O)[C@@H]2[C@H](C1=O)[C@H]1C=Cc3cc(Br)ccc3N1[C@H]2C(=O)c1ccccc1. The minimum atomic E-state index is -0.715. The summed E-state index contributed by atoms with van der Waals surface area (Å²) in [4.78, 5) is 44.2. The van der Waals surface area contributed by atoms with Gasteiger partial charge in [-0.3, -0.25) is 19.3 Å². The number of ketones is 1. The second kappa shape index (κ2) is 7.45. The van der Waals surface area contributed by atoms with Crippen molar-refractivity contribution < 1.29 is 14.4 Å². The first-order valence-corrected chi connectivity index (χ1v) is 11.5. The molecule has 0 aliphatic carbocycles. The number of rotatable bonds is 4. The molecule has 3 aliphatic heterocycles. The van der Waals surface area contributed by atoms with Crippen LogP contribution in [0.2, 0.25) is 0 Å². The van der Waals surface area contributed by atoms with Crippen LogP contribution in [0, 0.1) is 11.8 Å². The van der Waals surface area contributed by atoms with Gasteiger partial charge in [0.2, 0.25) is 11.8 Å². The molecule has 0 N–H and O–H groups in total. The number of benzene rings is 2. The van der Waals surface area contributed by atoms with Gasteiger partial charge in [-0.2, -0.15) is 0 Å². The third kappa shape index (κ3) is 2.92. The molecule has 2 amide bonds. The number of imide groups is 1. The maximum Gasteiger partial charge on any atom is 0.236 e. The van der Waals surface area contributed by atoms with Crippen LogP contribution in [-0.4, -0.2) is 40.6 Å². The largest absolute Gasteiger partial charge is 0.352 e. The Balaban J connectivity index is 1.66. The summed E-state index contributed by atoms with van der Waals surface area (Å²) in [6.07, 6.45) is 4.67. The van der Waals surface area contributed by atoms with E-state index < -0.39 is 17.9 Å². The summed E-state index contributed by atoms with van der Waals surface area (Å²) in [6.45, 7) is 3.86. The van der Waals surface area contributed by atoms with Crippen LogP contribution in [0.3, 0.4) is 0 Å². The van der Waals surface area contributed by atoms with Gasteiger partial charge >= 0.3 is 0 Å². The fourth-order valence-electron chi connectivity index (χ4n) is 5.26. The number of carbonyl (C=O) groups is 3. The maximum atomic E-state index is 13.8. The van der Waals surface area contributed by atoms with Gasteiger partial charge in [0.15, 0.2) is 5.78 Å².